The molecule has 0 spiro atoms. The fraction of sp³-hybridized carbons (Fsp3) is 1.00. The van der Waals surface area contributed by atoms with Gasteiger partial charge >= 0.3 is 0 Å². The van der Waals surface area contributed by atoms with Crippen LogP contribution in [0, 0.1) is 5.92 Å². The predicted octanol–water partition coefficient (Wildman–Crippen LogP) is 2.91. The summed E-state index contributed by atoms with van der Waals surface area (Å²) in [7, 11) is 0. The summed E-state index contributed by atoms with van der Waals surface area (Å²) in [5.74, 6) is 0.992. The van der Waals surface area contributed by atoms with Gasteiger partial charge in [-0.2, -0.15) is 0 Å². The molecule has 1 heteroatoms. The van der Waals surface area contributed by atoms with Crippen LogP contribution in [-0.2, 0) is 0 Å². The first-order chi connectivity index (χ1) is 5.77. The fourth-order valence-electron chi connectivity index (χ4n) is 2.35. The van der Waals surface area contributed by atoms with Gasteiger partial charge in [0.15, 0.2) is 0 Å². The van der Waals surface area contributed by atoms with Gasteiger partial charge in [-0.1, -0.05) is 20.3 Å². The third kappa shape index (κ3) is 2.48. The number of piperidine rings is 1. The maximum Gasteiger partial charge on any atom is 0.00670 e. The summed E-state index contributed by atoms with van der Waals surface area (Å²) in [6, 6.07) is 0.836. The van der Waals surface area contributed by atoms with E-state index in [1.54, 1.807) is 0 Å². The van der Waals surface area contributed by atoms with Crippen molar-refractivity contribution in [1.29, 1.82) is 0 Å². The van der Waals surface area contributed by atoms with Crippen LogP contribution in [0.5, 0.6) is 0 Å². The monoisotopic (exact) mass is 169 g/mol. The smallest absolute Gasteiger partial charge is 0.00670 e. The third-order valence-corrected chi connectivity index (χ3v) is 3.21. The van der Waals surface area contributed by atoms with Crippen LogP contribution in [0.2, 0.25) is 0 Å². The number of nitrogens with zero attached hydrogens (tertiary/aromatic N) is 1. The molecule has 0 aliphatic carbocycles. The van der Waals surface area contributed by atoms with Crippen LogP contribution >= 0.6 is 0 Å². The van der Waals surface area contributed by atoms with E-state index in [2.05, 4.69) is 25.7 Å². The maximum absolute atomic E-state index is 2.63. The van der Waals surface area contributed by atoms with Crippen molar-refractivity contribution < 1.29 is 0 Å². The first-order valence-corrected chi connectivity index (χ1v) is 5.52. The van der Waals surface area contributed by atoms with E-state index in [0.717, 1.165) is 12.0 Å². The zero-order chi connectivity index (χ0) is 8.97. The van der Waals surface area contributed by atoms with Crippen molar-refractivity contribution in [1.82, 2.24) is 4.90 Å². The van der Waals surface area contributed by atoms with Crippen molar-refractivity contribution in [3.05, 3.63) is 0 Å². The lowest BCUT2D eigenvalue weighted by Gasteiger charge is -2.37. The second-order valence-electron chi connectivity index (χ2n) is 4.17. The van der Waals surface area contributed by atoms with Crippen molar-refractivity contribution in [3.8, 4) is 0 Å². The van der Waals surface area contributed by atoms with Gasteiger partial charge in [-0.15, -0.1) is 0 Å². The Bertz CT molecular complexity index is 122. The summed E-state index contributed by atoms with van der Waals surface area (Å²) < 4.78 is 0. The van der Waals surface area contributed by atoms with Gasteiger partial charge in [-0.3, -0.25) is 0 Å². The van der Waals surface area contributed by atoms with Gasteiger partial charge in [0.05, 0.1) is 0 Å². The summed E-state index contributed by atoms with van der Waals surface area (Å²) in [6.45, 7) is 9.54. The van der Waals surface area contributed by atoms with Crippen LogP contribution in [0.1, 0.15) is 46.5 Å². The van der Waals surface area contributed by atoms with Gasteiger partial charge in [0.25, 0.3) is 0 Å². The lowest BCUT2D eigenvalue weighted by Crippen LogP contribution is -2.41. The van der Waals surface area contributed by atoms with Gasteiger partial charge in [0.2, 0.25) is 0 Å². The van der Waals surface area contributed by atoms with E-state index >= 15 is 0 Å². The van der Waals surface area contributed by atoms with E-state index in [4.69, 9.17) is 0 Å². The highest BCUT2D eigenvalue weighted by Gasteiger charge is 2.22. The van der Waals surface area contributed by atoms with Crippen molar-refractivity contribution >= 4 is 0 Å². The molecule has 0 aromatic heterocycles. The highest BCUT2D eigenvalue weighted by Crippen LogP contribution is 2.24. The third-order valence-electron chi connectivity index (χ3n) is 3.21. The van der Waals surface area contributed by atoms with Crippen LogP contribution in [0.3, 0.4) is 0 Å². The molecule has 72 valence electrons. The number of rotatable bonds is 3. The summed E-state index contributed by atoms with van der Waals surface area (Å²) in [4.78, 5) is 2.63. The summed E-state index contributed by atoms with van der Waals surface area (Å²) >= 11 is 0. The molecule has 1 aliphatic heterocycles. The molecule has 0 aromatic carbocycles. The molecule has 12 heavy (non-hydrogen) atoms. The summed E-state index contributed by atoms with van der Waals surface area (Å²) in [5.41, 5.74) is 0. The number of hydrogen-bond donors (Lipinski definition) is 0. The molecule has 1 rings (SSSR count). The molecule has 0 amide bonds. The van der Waals surface area contributed by atoms with E-state index in [9.17, 15) is 0 Å². The molecule has 1 fully saturated rings. The lowest BCUT2D eigenvalue weighted by molar-refractivity contribution is 0.120. The Morgan fingerprint density at radius 2 is 2.00 bits per heavy atom. The van der Waals surface area contributed by atoms with Crippen LogP contribution in [0.25, 0.3) is 0 Å². The van der Waals surface area contributed by atoms with E-state index in [-0.39, 0.29) is 0 Å². The Hall–Kier alpha value is -0.0400. The molecular formula is C11H23N. The van der Waals surface area contributed by atoms with E-state index in [1.165, 1.54) is 38.8 Å². The van der Waals surface area contributed by atoms with Crippen molar-refractivity contribution in [2.45, 2.75) is 52.5 Å². The second-order valence-corrected chi connectivity index (χ2v) is 4.17. The molecule has 2 unspecified atom stereocenters. The van der Waals surface area contributed by atoms with Gasteiger partial charge in [-0.25, -0.2) is 0 Å². The van der Waals surface area contributed by atoms with Crippen molar-refractivity contribution in [2.75, 3.05) is 13.1 Å². The first-order valence-electron chi connectivity index (χ1n) is 5.52. The van der Waals surface area contributed by atoms with Crippen molar-refractivity contribution in [3.63, 3.8) is 0 Å². The quantitative estimate of drug-likeness (QED) is 0.628. The van der Waals surface area contributed by atoms with Gasteiger partial charge < -0.3 is 4.90 Å². The normalized spacial score (nSPS) is 32.2. The van der Waals surface area contributed by atoms with Crippen LogP contribution in [0.15, 0.2) is 0 Å². The summed E-state index contributed by atoms with van der Waals surface area (Å²) in [6.07, 6.45) is 5.67. The zero-order valence-electron chi connectivity index (χ0n) is 8.84. The highest BCUT2D eigenvalue weighted by molar-refractivity contribution is 4.77. The number of hydrogen-bond acceptors (Lipinski definition) is 1. The minimum absolute atomic E-state index is 0.836. The van der Waals surface area contributed by atoms with E-state index in [1.807, 2.05) is 0 Å². The average Bonchev–Trinajstić information content (AvgIpc) is 2.09. The second kappa shape index (κ2) is 4.86. The molecule has 0 radical (unpaired) electrons. The minimum atomic E-state index is 0.836. The topological polar surface area (TPSA) is 3.24 Å². The Kier molecular flexibility index (Phi) is 4.07. The molecule has 0 saturated carbocycles. The van der Waals surface area contributed by atoms with Crippen molar-refractivity contribution in [2.24, 2.45) is 5.92 Å². The van der Waals surface area contributed by atoms with Crippen LogP contribution < -0.4 is 0 Å². The Labute approximate surface area is 77.1 Å². The molecule has 1 nitrogen and oxygen atoms in total. The molecule has 1 aliphatic rings. The molecule has 0 aromatic rings. The Morgan fingerprint density at radius 1 is 1.25 bits per heavy atom. The standard InChI is InChI=1S/C11H23N/c1-4-6-11-8-7-10(3)12(5-2)9-11/h10-11H,4-9H2,1-3H3. The van der Waals surface area contributed by atoms with Crippen LogP contribution in [0.4, 0.5) is 0 Å². The largest absolute Gasteiger partial charge is 0.301 e. The van der Waals surface area contributed by atoms with Gasteiger partial charge in [-0.05, 0) is 38.6 Å². The average molecular weight is 169 g/mol. The minimum Gasteiger partial charge on any atom is -0.301 e. The van der Waals surface area contributed by atoms with E-state index < -0.39 is 0 Å². The first kappa shape index (κ1) is 10.0. The molecular weight excluding hydrogens is 146 g/mol. The molecule has 1 heterocycles. The number of likely N-dealkylation sites (tertiary alicyclic amines) is 1. The SMILES string of the molecule is CCCC1CCC(C)N(CC)C1. The molecule has 0 N–H and O–H groups in total. The zero-order valence-corrected chi connectivity index (χ0v) is 8.84. The maximum atomic E-state index is 2.63. The Morgan fingerprint density at radius 3 is 2.58 bits per heavy atom. The fourth-order valence-corrected chi connectivity index (χ4v) is 2.35. The van der Waals surface area contributed by atoms with Gasteiger partial charge in [0, 0.05) is 12.6 Å². The van der Waals surface area contributed by atoms with Gasteiger partial charge in [0.1, 0.15) is 0 Å². The molecule has 0 bridgehead atoms. The Balaban J connectivity index is 2.33. The van der Waals surface area contributed by atoms with E-state index in [0.29, 0.717) is 0 Å². The molecule has 2 atom stereocenters. The highest BCUT2D eigenvalue weighted by atomic mass is 15.2. The predicted molar refractivity (Wildman–Crippen MR) is 54.3 cm³/mol. The van der Waals surface area contributed by atoms with Crippen LogP contribution in [-0.4, -0.2) is 24.0 Å². The lowest BCUT2D eigenvalue weighted by atomic mass is 9.90. The summed E-state index contributed by atoms with van der Waals surface area (Å²) in [5, 5.41) is 0. The molecule has 1 saturated heterocycles.